The van der Waals surface area contributed by atoms with E-state index in [0.29, 0.717) is 13.0 Å². The highest BCUT2D eigenvalue weighted by atomic mass is 32.2. The third-order valence-electron chi connectivity index (χ3n) is 3.81. The lowest BCUT2D eigenvalue weighted by Crippen LogP contribution is -2.28. The molecule has 0 fully saturated rings. The van der Waals surface area contributed by atoms with E-state index in [0.717, 1.165) is 11.8 Å². The molecule has 0 aliphatic heterocycles. The number of nitro groups is 1. The number of ether oxygens (including phenoxy) is 1. The normalized spacial score (nSPS) is 11.2. The summed E-state index contributed by atoms with van der Waals surface area (Å²) in [6.45, 7) is 0.805. The number of hydrogen-bond donors (Lipinski definition) is 1. The molecule has 0 saturated carbocycles. The Kier molecular flexibility index (Phi) is 6.53. The van der Waals surface area contributed by atoms with Gasteiger partial charge in [0.05, 0.1) is 18.1 Å². The summed E-state index contributed by atoms with van der Waals surface area (Å²) in [5.41, 5.74) is 0.513. The smallest absolute Gasteiger partial charge is 0.293 e. The fourth-order valence-electron chi connectivity index (χ4n) is 2.41. The first kappa shape index (κ1) is 19.7. The molecule has 0 spiro atoms. The highest BCUT2D eigenvalue weighted by Crippen LogP contribution is 2.28. The molecular formula is C17H21N3O5S. The maximum absolute atomic E-state index is 12.4. The number of hydrogen-bond acceptors (Lipinski definition) is 6. The van der Waals surface area contributed by atoms with Gasteiger partial charge in [0.2, 0.25) is 10.0 Å². The molecule has 0 amide bonds. The van der Waals surface area contributed by atoms with Gasteiger partial charge in [0, 0.05) is 25.8 Å². The van der Waals surface area contributed by atoms with E-state index < -0.39 is 20.6 Å². The van der Waals surface area contributed by atoms with Crippen molar-refractivity contribution in [2.45, 2.75) is 11.3 Å². The van der Waals surface area contributed by atoms with Crippen LogP contribution >= 0.6 is 0 Å². The standard InChI is InChI=1S/C17H21N3O5S/c1-19(14-7-4-3-5-8-14)12-6-11-18-26(23,24)17-10-9-15(25-2)13-16(17)20(21)22/h3-5,7-10,13,18H,6,11-12H2,1-2H3. The molecule has 26 heavy (non-hydrogen) atoms. The van der Waals surface area contributed by atoms with Gasteiger partial charge in [0.15, 0.2) is 4.90 Å². The van der Waals surface area contributed by atoms with Crippen molar-refractivity contribution in [2.75, 3.05) is 32.1 Å². The van der Waals surface area contributed by atoms with Crippen molar-refractivity contribution in [3.05, 3.63) is 58.6 Å². The van der Waals surface area contributed by atoms with Gasteiger partial charge in [-0.05, 0) is 30.7 Å². The van der Waals surface area contributed by atoms with Crippen LogP contribution in [0.5, 0.6) is 5.75 Å². The Morgan fingerprint density at radius 2 is 1.88 bits per heavy atom. The van der Waals surface area contributed by atoms with Gasteiger partial charge in [-0.3, -0.25) is 10.1 Å². The van der Waals surface area contributed by atoms with Crippen LogP contribution in [0.1, 0.15) is 6.42 Å². The van der Waals surface area contributed by atoms with Crippen molar-refractivity contribution >= 4 is 21.4 Å². The lowest BCUT2D eigenvalue weighted by molar-refractivity contribution is -0.387. The first-order chi connectivity index (χ1) is 12.3. The van der Waals surface area contributed by atoms with Crippen LogP contribution in [0.15, 0.2) is 53.4 Å². The zero-order chi connectivity index (χ0) is 19.2. The van der Waals surface area contributed by atoms with Crippen molar-refractivity contribution in [1.29, 1.82) is 0 Å². The third kappa shape index (κ3) is 4.93. The van der Waals surface area contributed by atoms with Crippen LogP contribution in [0, 0.1) is 10.1 Å². The number of rotatable bonds is 9. The van der Waals surface area contributed by atoms with E-state index >= 15 is 0 Å². The SMILES string of the molecule is COc1ccc(S(=O)(=O)NCCCN(C)c2ccccc2)c([N+](=O)[O-])c1. The zero-order valence-electron chi connectivity index (χ0n) is 14.6. The monoisotopic (exact) mass is 379 g/mol. The number of nitrogens with one attached hydrogen (secondary N) is 1. The molecule has 0 saturated heterocycles. The molecule has 9 heteroatoms. The molecule has 0 aliphatic carbocycles. The second-order valence-electron chi connectivity index (χ2n) is 5.60. The molecule has 2 aromatic carbocycles. The Bertz CT molecular complexity index is 856. The molecule has 1 N–H and O–H groups in total. The number of benzene rings is 2. The quantitative estimate of drug-likeness (QED) is 0.408. The minimum absolute atomic E-state index is 0.169. The molecule has 0 bridgehead atoms. The molecule has 0 aromatic heterocycles. The van der Waals surface area contributed by atoms with Crippen LogP contribution in [-0.2, 0) is 10.0 Å². The number of sulfonamides is 1. The van der Waals surface area contributed by atoms with E-state index in [1.54, 1.807) is 0 Å². The van der Waals surface area contributed by atoms with E-state index in [4.69, 9.17) is 4.74 Å². The zero-order valence-corrected chi connectivity index (χ0v) is 15.4. The third-order valence-corrected chi connectivity index (χ3v) is 5.32. The van der Waals surface area contributed by atoms with Gasteiger partial charge in [-0.25, -0.2) is 13.1 Å². The molecule has 140 valence electrons. The fraction of sp³-hybridized carbons (Fsp3) is 0.294. The molecule has 0 atom stereocenters. The Morgan fingerprint density at radius 3 is 2.50 bits per heavy atom. The molecule has 0 aliphatic rings. The summed E-state index contributed by atoms with van der Waals surface area (Å²) in [5, 5.41) is 11.2. The highest BCUT2D eigenvalue weighted by molar-refractivity contribution is 7.89. The maximum atomic E-state index is 12.4. The fourth-order valence-corrected chi connectivity index (χ4v) is 3.63. The van der Waals surface area contributed by atoms with Crippen LogP contribution < -0.4 is 14.4 Å². The Morgan fingerprint density at radius 1 is 1.19 bits per heavy atom. The minimum Gasteiger partial charge on any atom is -0.497 e. The van der Waals surface area contributed by atoms with Gasteiger partial charge >= 0.3 is 0 Å². The molecule has 0 radical (unpaired) electrons. The van der Waals surface area contributed by atoms with Crippen molar-refractivity contribution in [2.24, 2.45) is 0 Å². The first-order valence-electron chi connectivity index (χ1n) is 7.93. The summed E-state index contributed by atoms with van der Waals surface area (Å²) in [6.07, 6.45) is 0.550. The Hall–Kier alpha value is -2.65. The number of methoxy groups -OCH3 is 1. The van der Waals surface area contributed by atoms with E-state index in [1.165, 1.54) is 19.2 Å². The van der Waals surface area contributed by atoms with Crippen LogP contribution in [-0.4, -0.2) is 40.6 Å². The van der Waals surface area contributed by atoms with Crippen molar-refractivity contribution in [3.63, 3.8) is 0 Å². The second kappa shape index (κ2) is 8.63. The number of nitro benzene ring substituents is 1. The predicted molar refractivity (Wildman–Crippen MR) is 99.2 cm³/mol. The summed E-state index contributed by atoms with van der Waals surface area (Å²) in [7, 11) is -0.719. The summed E-state index contributed by atoms with van der Waals surface area (Å²) in [5.74, 6) is 0.222. The van der Waals surface area contributed by atoms with Crippen LogP contribution in [0.4, 0.5) is 11.4 Å². The Balaban J connectivity index is 2.00. The summed E-state index contributed by atoms with van der Waals surface area (Å²) in [6, 6.07) is 13.4. The summed E-state index contributed by atoms with van der Waals surface area (Å²) >= 11 is 0. The van der Waals surface area contributed by atoms with Gasteiger partial charge in [-0.1, -0.05) is 18.2 Å². The molecule has 2 rings (SSSR count). The first-order valence-corrected chi connectivity index (χ1v) is 9.42. The van der Waals surface area contributed by atoms with Gasteiger partial charge < -0.3 is 9.64 Å². The number of anilines is 1. The van der Waals surface area contributed by atoms with E-state index in [9.17, 15) is 18.5 Å². The molecule has 2 aromatic rings. The van der Waals surface area contributed by atoms with Crippen LogP contribution in [0.25, 0.3) is 0 Å². The topological polar surface area (TPSA) is 102 Å². The van der Waals surface area contributed by atoms with Crippen molar-refractivity contribution in [3.8, 4) is 5.75 Å². The average Bonchev–Trinajstić information content (AvgIpc) is 2.65. The van der Waals surface area contributed by atoms with E-state index in [2.05, 4.69) is 4.72 Å². The summed E-state index contributed by atoms with van der Waals surface area (Å²) < 4.78 is 32.1. The predicted octanol–water partition coefficient (Wildman–Crippen LogP) is 2.41. The van der Waals surface area contributed by atoms with Crippen molar-refractivity contribution in [1.82, 2.24) is 4.72 Å². The second-order valence-corrected chi connectivity index (χ2v) is 7.33. The van der Waals surface area contributed by atoms with Crippen molar-refractivity contribution < 1.29 is 18.1 Å². The molecular weight excluding hydrogens is 358 g/mol. The van der Waals surface area contributed by atoms with Gasteiger partial charge in [-0.15, -0.1) is 0 Å². The summed E-state index contributed by atoms with van der Waals surface area (Å²) in [4.78, 5) is 12.1. The Labute approximate surface area is 152 Å². The average molecular weight is 379 g/mol. The lowest BCUT2D eigenvalue weighted by atomic mass is 10.3. The lowest BCUT2D eigenvalue weighted by Gasteiger charge is -2.19. The van der Waals surface area contributed by atoms with Crippen LogP contribution in [0.3, 0.4) is 0 Å². The maximum Gasteiger partial charge on any atom is 0.293 e. The van der Waals surface area contributed by atoms with E-state index in [-0.39, 0.29) is 17.2 Å². The van der Waals surface area contributed by atoms with Crippen LogP contribution in [0.2, 0.25) is 0 Å². The van der Waals surface area contributed by atoms with Gasteiger partial charge in [0.25, 0.3) is 5.69 Å². The molecule has 8 nitrogen and oxygen atoms in total. The minimum atomic E-state index is -3.99. The molecule has 0 unspecified atom stereocenters. The van der Waals surface area contributed by atoms with Gasteiger partial charge in [-0.2, -0.15) is 0 Å². The number of nitrogens with zero attached hydrogens (tertiary/aromatic N) is 2. The highest BCUT2D eigenvalue weighted by Gasteiger charge is 2.26. The molecule has 0 heterocycles. The van der Waals surface area contributed by atoms with E-state index in [1.807, 2.05) is 42.3 Å². The number of para-hydroxylation sites is 1. The largest absolute Gasteiger partial charge is 0.497 e. The van der Waals surface area contributed by atoms with Gasteiger partial charge in [0.1, 0.15) is 5.75 Å².